The Bertz CT molecular complexity index is 869. The molecule has 3 aromatic rings. The molecule has 0 aromatic heterocycles. The largest absolute Gasteiger partial charge is 0.504 e. The first-order valence-electron chi connectivity index (χ1n) is 7.10. The second kappa shape index (κ2) is 4.53. The molecule has 0 saturated heterocycles. The zero-order chi connectivity index (χ0) is 15.3. The van der Waals surface area contributed by atoms with E-state index in [4.69, 9.17) is 0 Å². The van der Waals surface area contributed by atoms with Crippen molar-refractivity contribution >= 4 is 0 Å². The van der Waals surface area contributed by atoms with Crippen LogP contribution in [0, 0.1) is 0 Å². The molecule has 3 nitrogen and oxygen atoms in total. The molecule has 1 unspecified atom stereocenters. The highest BCUT2D eigenvalue weighted by molar-refractivity contribution is 5.85. The highest BCUT2D eigenvalue weighted by Crippen LogP contribution is 2.55. The first kappa shape index (κ1) is 12.8. The predicted octanol–water partition coefficient (Wildman–Crippen LogP) is 3.96. The highest BCUT2D eigenvalue weighted by Gasteiger charge is 2.34. The fraction of sp³-hybridized carbons (Fsp3) is 0.0526. The molecular formula is C19H14O3. The number of phenols is 3. The highest BCUT2D eigenvalue weighted by atomic mass is 16.3. The van der Waals surface area contributed by atoms with E-state index in [1.807, 2.05) is 54.6 Å². The quantitative estimate of drug-likeness (QED) is 0.465. The van der Waals surface area contributed by atoms with E-state index in [1.54, 1.807) is 0 Å². The van der Waals surface area contributed by atoms with Crippen LogP contribution in [0.5, 0.6) is 17.2 Å². The van der Waals surface area contributed by atoms with Crippen molar-refractivity contribution in [1.82, 2.24) is 0 Å². The van der Waals surface area contributed by atoms with Gasteiger partial charge in [-0.2, -0.15) is 0 Å². The normalized spacial score (nSPS) is 15.4. The fourth-order valence-corrected chi connectivity index (χ4v) is 3.32. The lowest BCUT2D eigenvalue weighted by Gasteiger charge is -2.16. The summed E-state index contributed by atoms with van der Waals surface area (Å²) >= 11 is 0. The molecule has 0 fully saturated rings. The SMILES string of the molecule is Oc1cc2c(c(O)c1O)C(c1ccccc1)c1ccccc1-2. The second-order valence-electron chi connectivity index (χ2n) is 5.49. The van der Waals surface area contributed by atoms with Gasteiger partial charge in [0.25, 0.3) is 0 Å². The van der Waals surface area contributed by atoms with E-state index >= 15 is 0 Å². The van der Waals surface area contributed by atoms with E-state index in [2.05, 4.69) is 0 Å². The Morgan fingerprint density at radius 1 is 0.682 bits per heavy atom. The molecule has 0 bridgehead atoms. The lowest BCUT2D eigenvalue weighted by molar-refractivity contribution is 0.365. The molecule has 0 heterocycles. The van der Waals surface area contributed by atoms with Crippen LogP contribution in [0.3, 0.4) is 0 Å². The van der Waals surface area contributed by atoms with Gasteiger partial charge in [0.15, 0.2) is 11.5 Å². The van der Waals surface area contributed by atoms with Crippen LogP contribution in [0.15, 0.2) is 60.7 Å². The Morgan fingerprint density at radius 2 is 1.36 bits per heavy atom. The number of rotatable bonds is 1. The summed E-state index contributed by atoms with van der Waals surface area (Å²) in [5.41, 5.74) is 4.47. The lowest BCUT2D eigenvalue weighted by Crippen LogP contribution is -1.99. The van der Waals surface area contributed by atoms with Crippen LogP contribution in [-0.2, 0) is 0 Å². The maximum atomic E-state index is 10.4. The van der Waals surface area contributed by atoms with Crippen molar-refractivity contribution in [3.8, 4) is 28.4 Å². The van der Waals surface area contributed by atoms with Crippen LogP contribution in [0.1, 0.15) is 22.6 Å². The molecule has 0 aliphatic heterocycles. The van der Waals surface area contributed by atoms with E-state index in [9.17, 15) is 15.3 Å². The maximum Gasteiger partial charge on any atom is 0.200 e. The number of fused-ring (bicyclic) bond motifs is 3. The van der Waals surface area contributed by atoms with Gasteiger partial charge in [-0.05, 0) is 28.3 Å². The number of benzene rings is 3. The average Bonchev–Trinajstić information content (AvgIpc) is 2.88. The summed E-state index contributed by atoms with van der Waals surface area (Å²) in [5.74, 6) is -1.17. The number of hydrogen-bond donors (Lipinski definition) is 3. The van der Waals surface area contributed by atoms with Gasteiger partial charge in [0, 0.05) is 11.5 Å². The van der Waals surface area contributed by atoms with E-state index < -0.39 is 5.75 Å². The number of aromatic hydroxyl groups is 3. The third-order valence-electron chi connectivity index (χ3n) is 4.28. The van der Waals surface area contributed by atoms with E-state index in [0.29, 0.717) is 5.56 Å². The van der Waals surface area contributed by atoms with Crippen LogP contribution in [-0.4, -0.2) is 15.3 Å². The van der Waals surface area contributed by atoms with Crippen molar-refractivity contribution in [1.29, 1.82) is 0 Å². The summed E-state index contributed by atoms with van der Waals surface area (Å²) in [6, 6.07) is 19.2. The Hall–Kier alpha value is -2.94. The van der Waals surface area contributed by atoms with Gasteiger partial charge >= 0.3 is 0 Å². The molecule has 3 aromatic carbocycles. The minimum atomic E-state index is -0.465. The molecule has 4 rings (SSSR count). The van der Waals surface area contributed by atoms with Gasteiger partial charge in [-0.1, -0.05) is 54.6 Å². The molecule has 3 heteroatoms. The van der Waals surface area contributed by atoms with Gasteiger partial charge in [-0.3, -0.25) is 0 Å². The Balaban J connectivity index is 2.08. The summed E-state index contributed by atoms with van der Waals surface area (Å²) in [5, 5.41) is 30.1. The summed E-state index contributed by atoms with van der Waals surface area (Å²) in [6.45, 7) is 0. The van der Waals surface area contributed by atoms with Crippen LogP contribution >= 0.6 is 0 Å². The van der Waals surface area contributed by atoms with E-state index in [0.717, 1.165) is 22.3 Å². The first-order valence-corrected chi connectivity index (χ1v) is 7.10. The van der Waals surface area contributed by atoms with Crippen molar-refractivity contribution in [2.24, 2.45) is 0 Å². The van der Waals surface area contributed by atoms with E-state index in [-0.39, 0.29) is 17.4 Å². The molecule has 1 aliphatic rings. The molecule has 0 spiro atoms. The summed E-state index contributed by atoms with van der Waals surface area (Å²) in [7, 11) is 0. The molecule has 22 heavy (non-hydrogen) atoms. The number of phenolic OH excluding ortho intramolecular Hbond substituents is 3. The van der Waals surface area contributed by atoms with Gasteiger partial charge < -0.3 is 15.3 Å². The molecular weight excluding hydrogens is 276 g/mol. The van der Waals surface area contributed by atoms with Crippen LogP contribution in [0.2, 0.25) is 0 Å². The van der Waals surface area contributed by atoms with Crippen molar-refractivity contribution in [2.45, 2.75) is 5.92 Å². The zero-order valence-electron chi connectivity index (χ0n) is 11.7. The topological polar surface area (TPSA) is 60.7 Å². The summed E-state index contributed by atoms with van der Waals surface area (Å²) in [4.78, 5) is 0. The molecule has 3 N–H and O–H groups in total. The van der Waals surface area contributed by atoms with Crippen molar-refractivity contribution in [2.75, 3.05) is 0 Å². The predicted molar refractivity (Wildman–Crippen MR) is 84.3 cm³/mol. The van der Waals surface area contributed by atoms with Gasteiger partial charge in [-0.15, -0.1) is 0 Å². The van der Waals surface area contributed by atoms with Gasteiger partial charge in [0.05, 0.1) is 0 Å². The van der Waals surface area contributed by atoms with Gasteiger partial charge in [0.1, 0.15) is 0 Å². The average molecular weight is 290 g/mol. The summed E-state index contributed by atoms with van der Waals surface area (Å²) in [6.07, 6.45) is 0. The Kier molecular flexibility index (Phi) is 2.63. The first-order chi connectivity index (χ1) is 10.7. The van der Waals surface area contributed by atoms with Crippen molar-refractivity contribution in [3.63, 3.8) is 0 Å². The molecule has 0 amide bonds. The van der Waals surface area contributed by atoms with Gasteiger partial charge in [0.2, 0.25) is 5.75 Å². The Labute approximate surface area is 127 Å². The van der Waals surface area contributed by atoms with Crippen molar-refractivity contribution in [3.05, 3.63) is 77.4 Å². The maximum absolute atomic E-state index is 10.4. The standard InChI is InChI=1S/C19H14O3/c20-15-10-14-12-8-4-5-9-13(12)16(11-6-2-1-3-7-11)17(14)19(22)18(15)21/h1-10,16,20-22H. The smallest absolute Gasteiger partial charge is 0.200 e. The zero-order valence-corrected chi connectivity index (χ0v) is 11.7. The van der Waals surface area contributed by atoms with Crippen LogP contribution in [0.4, 0.5) is 0 Å². The fourth-order valence-electron chi connectivity index (χ4n) is 3.32. The number of hydrogen-bond acceptors (Lipinski definition) is 3. The van der Waals surface area contributed by atoms with Crippen LogP contribution in [0.25, 0.3) is 11.1 Å². The molecule has 0 saturated carbocycles. The molecule has 1 atom stereocenters. The Morgan fingerprint density at radius 3 is 2.14 bits per heavy atom. The molecule has 1 aliphatic carbocycles. The lowest BCUT2D eigenvalue weighted by atomic mass is 9.89. The van der Waals surface area contributed by atoms with Crippen LogP contribution < -0.4 is 0 Å². The molecule has 108 valence electrons. The molecule has 0 radical (unpaired) electrons. The minimum Gasteiger partial charge on any atom is -0.504 e. The third kappa shape index (κ3) is 1.62. The second-order valence-corrected chi connectivity index (χ2v) is 5.49. The van der Waals surface area contributed by atoms with Crippen molar-refractivity contribution < 1.29 is 15.3 Å². The minimum absolute atomic E-state index is 0.154. The monoisotopic (exact) mass is 290 g/mol. The van der Waals surface area contributed by atoms with Gasteiger partial charge in [-0.25, -0.2) is 0 Å². The summed E-state index contributed by atoms with van der Waals surface area (Å²) < 4.78 is 0. The van der Waals surface area contributed by atoms with E-state index in [1.165, 1.54) is 6.07 Å². The third-order valence-corrected chi connectivity index (χ3v) is 4.28.